The molecule has 1 unspecified atom stereocenters. The predicted octanol–water partition coefficient (Wildman–Crippen LogP) is 4.02. The number of amides is 2. The molecule has 8 heteroatoms. The van der Waals surface area contributed by atoms with Crippen molar-refractivity contribution in [1.82, 2.24) is 4.90 Å². The minimum absolute atomic E-state index is 0.00265. The summed E-state index contributed by atoms with van der Waals surface area (Å²) in [6.07, 6.45) is 3.42. The number of rotatable bonds is 6. The highest BCUT2D eigenvalue weighted by Gasteiger charge is 2.21. The number of nitrogens with zero attached hydrogens (tertiary/aromatic N) is 2. The van der Waals surface area contributed by atoms with Gasteiger partial charge in [-0.15, -0.1) is 0 Å². The maximum absolute atomic E-state index is 12.6. The molecular formula is C22H25N3O5. The summed E-state index contributed by atoms with van der Waals surface area (Å²) in [5, 5.41) is 13.8. The maximum atomic E-state index is 12.6. The van der Waals surface area contributed by atoms with E-state index in [1.54, 1.807) is 30.3 Å². The molecule has 1 fully saturated rings. The van der Waals surface area contributed by atoms with Gasteiger partial charge in [0.15, 0.2) is 11.9 Å². The van der Waals surface area contributed by atoms with Crippen molar-refractivity contribution in [2.45, 2.75) is 38.7 Å². The molecule has 8 nitrogen and oxygen atoms in total. The van der Waals surface area contributed by atoms with Gasteiger partial charge >= 0.3 is 5.69 Å². The monoisotopic (exact) mass is 411 g/mol. The van der Waals surface area contributed by atoms with Gasteiger partial charge in [0.1, 0.15) is 0 Å². The van der Waals surface area contributed by atoms with Gasteiger partial charge in [0.2, 0.25) is 0 Å². The molecule has 1 heterocycles. The van der Waals surface area contributed by atoms with Gasteiger partial charge < -0.3 is 15.0 Å². The van der Waals surface area contributed by atoms with Crippen LogP contribution in [0.1, 0.15) is 43.0 Å². The summed E-state index contributed by atoms with van der Waals surface area (Å²) in [5.41, 5.74) is 0.901. The van der Waals surface area contributed by atoms with Crippen LogP contribution in [0.2, 0.25) is 0 Å². The van der Waals surface area contributed by atoms with Crippen LogP contribution in [0.4, 0.5) is 11.4 Å². The lowest BCUT2D eigenvalue weighted by Crippen LogP contribution is -2.32. The quantitative estimate of drug-likeness (QED) is 0.571. The van der Waals surface area contributed by atoms with Crippen LogP contribution >= 0.6 is 0 Å². The first-order valence-corrected chi connectivity index (χ1v) is 10.1. The summed E-state index contributed by atoms with van der Waals surface area (Å²) in [6, 6.07) is 12.6. The van der Waals surface area contributed by atoms with Crippen molar-refractivity contribution in [3.63, 3.8) is 0 Å². The van der Waals surface area contributed by atoms with E-state index in [2.05, 4.69) is 5.32 Å². The van der Waals surface area contributed by atoms with E-state index in [-0.39, 0.29) is 17.3 Å². The smallest absolute Gasteiger partial charge is 0.310 e. The third-order valence-electron chi connectivity index (χ3n) is 5.03. The SMILES string of the molecule is CC(Oc1ccccc1[N+](=O)[O-])C(=O)Nc1ccc(C(=O)N2CCCCCC2)cc1. The second-order valence-electron chi connectivity index (χ2n) is 7.26. The van der Waals surface area contributed by atoms with Crippen molar-refractivity contribution in [3.8, 4) is 5.75 Å². The van der Waals surface area contributed by atoms with Crippen LogP contribution in [0.3, 0.4) is 0 Å². The van der Waals surface area contributed by atoms with E-state index in [1.807, 2.05) is 4.90 Å². The minimum atomic E-state index is -0.940. The minimum Gasteiger partial charge on any atom is -0.474 e. The van der Waals surface area contributed by atoms with E-state index >= 15 is 0 Å². The summed E-state index contributed by atoms with van der Waals surface area (Å²) in [7, 11) is 0. The first-order valence-electron chi connectivity index (χ1n) is 10.1. The molecule has 1 aliphatic rings. The van der Waals surface area contributed by atoms with E-state index in [0.717, 1.165) is 38.8 Å². The van der Waals surface area contributed by atoms with E-state index in [9.17, 15) is 19.7 Å². The number of nitro groups is 1. The Bertz CT molecular complexity index is 905. The molecule has 0 radical (unpaired) electrons. The fraction of sp³-hybridized carbons (Fsp3) is 0.364. The summed E-state index contributed by atoms with van der Waals surface area (Å²) >= 11 is 0. The first-order chi connectivity index (χ1) is 14.5. The number of carbonyl (C=O) groups excluding carboxylic acids is 2. The Morgan fingerprint density at radius 1 is 1.03 bits per heavy atom. The van der Waals surface area contributed by atoms with Crippen molar-refractivity contribution in [3.05, 3.63) is 64.2 Å². The third-order valence-corrected chi connectivity index (χ3v) is 5.03. The Morgan fingerprint density at radius 3 is 2.30 bits per heavy atom. The largest absolute Gasteiger partial charge is 0.474 e. The van der Waals surface area contributed by atoms with Gasteiger partial charge in [-0.05, 0) is 50.1 Å². The molecule has 3 rings (SSSR count). The van der Waals surface area contributed by atoms with Gasteiger partial charge in [-0.3, -0.25) is 19.7 Å². The molecule has 1 aliphatic heterocycles. The van der Waals surface area contributed by atoms with Crippen LogP contribution in [0.15, 0.2) is 48.5 Å². The molecule has 0 bridgehead atoms. The van der Waals surface area contributed by atoms with Crippen molar-refractivity contribution in [2.75, 3.05) is 18.4 Å². The second-order valence-corrected chi connectivity index (χ2v) is 7.26. The highest BCUT2D eigenvalue weighted by atomic mass is 16.6. The zero-order valence-electron chi connectivity index (χ0n) is 16.9. The molecule has 1 saturated heterocycles. The average molecular weight is 411 g/mol. The van der Waals surface area contributed by atoms with Gasteiger partial charge in [0, 0.05) is 30.4 Å². The Hall–Kier alpha value is -3.42. The van der Waals surface area contributed by atoms with Crippen LogP contribution in [-0.4, -0.2) is 40.8 Å². The number of nitro benzene ring substituents is 1. The topological polar surface area (TPSA) is 102 Å². The average Bonchev–Trinajstić information content (AvgIpc) is 3.03. The zero-order valence-corrected chi connectivity index (χ0v) is 16.9. The van der Waals surface area contributed by atoms with E-state index in [4.69, 9.17) is 4.74 Å². The molecule has 0 saturated carbocycles. The van der Waals surface area contributed by atoms with Gasteiger partial charge in [0.25, 0.3) is 11.8 Å². The van der Waals surface area contributed by atoms with Crippen LogP contribution in [0.5, 0.6) is 5.75 Å². The maximum Gasteiger partial charge on any atom is 0.310 e. The molecule has 1 atom stereocenters. The number of anilines is 1. The molecule has 0 spiro atoms. The second kappa shape index (κ2) is 9.87. The first kappa shape index (κ1) is 21.3. The van der Waals surface area contributed by atoms with Gasteiger partial charge in [-0.25, -0.2) is 0 Å². The van der Waals surface area contributed by atoms with Crippen LogP contribution in [-0.2, 0) is 4.79 Å². The number of hydrogen-bond acceptors (Lipinski definition) is 5. The van der Waals surface area contributed by atoms with Crippen LogP contribution in [0, 0.1) is 10.1 Å². The molecule has 1 N–H and O–H groups in total. The standard InChI is InChI=1S/C22H25N3O5/c1-16(30-20-9-5-4-8-19(20)25(28)29)21(26)23-18-12-10-17(11-13-18)22(27)24-14-6-2-3-7-15-24/h4-5,8-13,16H,2-3,6-7,14-15H2,1H3,(H,23,26). The number of benzene rings is 2. The van der Waals surface area contributed by atoms with E-state index < -0.39 is 16.9 Å². The highest BCUT2D eigenvalue weighted by molar-refractivity contribution is 5.97. The van der Waals surface area contributed by atoms with E-state index in [1.165, 1.54) is 25.1 Å². The molecule has 2 aromatic carbocycles. The number of nitrogens with one attached hydrogen (secondary N) is 1. The van der Waals surface area contributed by atoms with Crippen LogP contribution in [0.25, 0.3) is 0 Å². The van der Waals surface area contributed by atoms with E-state index in [0.29, 0.717) is 11.3 Å². The fourth-order valence-corrected chi connectivity index (χ4v) is 3.35. The highest BCUT2D eigenvalue weighted by Crippen LogP contribution is 2.27. The number of carbonyl (C=O) groups is 2. The van der Waals surface area contributed by atoms with Crippen molar-refractivity contribution >= 4 is 23.2 Å². The normalized spacial score (nSPS) is 15.0. The Kier molecular flexibility index (Phi) is 7.00. The molecular weight excluding hydrogens is 386 g/mol. The third kappa shape index (κ3) is 5.34. The molecule has 30 heavy (non-hydrogen) atoms. The summed E-state index contributed by atoms with van der Waals surface area (Å²) in [5.74, 6) is -0.411. The summed E-state index contributed by atoms with van der Waals surface area (Å²) < 4.78 is 5.48. The zero-order chi connectivity index (χ0) is 21.5. The van der Waals surface area contributed by atoms with Gasteiger partial charge in [0.05, 0.1) is 4.92 Å². The Morgan fingerprint density at radius 2 is 1.67 bits per heavy atom. The van der Waals surface area contributed by atoms with Gasteiger partial charge in [-0.1, -0.05) is 25.0 Å². The molecule has 158 valence electrons. The summed E-state index contributed by atoms with van der Waals surface area (Å²) in [4.78, 5) is 37.5. The molecule has 2 aromatic rings. The number of para-hydroxylation sites is 2. The van der Waals surface area contributed by atoms with Crippen LogP contribution < -0.4 is 10.1 Å². The Balaban J connectivity index is 1.60. The Labute approximate surface area is 175 Å². The van der Waals surface area contributed by atoms with Gasteiger partial charge in [-0.2, -0.15) is 0 Å². The van der Waals surface area contributed by atoms with Crippen molar-refractivity contribution in [1.29, 1.82) is 0 Å². The number of hydrogen-bond donors (Lipinski definition) is 1. The fourth-order valence-electron chi connectivity index (χ4n) is 3.35. The summed E-state index contributed by atoms with van der Waals surface area (Å²) in [6.45, 7) is 3.07. The lowest BCUT2D eigenvalue weighted by Gasteiger charge is -2.20. The number of ether oxygens (including phenoxy) is 1. The van der Waals surface area contributed by atoms with Crippen molar-refractivity contribution < 1.29 is 19.2 Å². The number of likely N-dealkylation sites (tertiary alicyclic amines) is 1. The predicted molar refractivity (Wildman–Crippen MR) is 113 cm³/mol. The molecule has 0 aliphatic carbocycles. The van der Waals surface area contributed by atoms with Crippen molar-refractivity contribution in [2.24, 2.45) is 0 Å². The molecule has 2 amide bonds. The lowest BCUT2D eigenvalue weighted by atomic mass is 10.1. The molecule has 0 aromatic heterocycles. The lowest BCUT2D eigenvalue weighted by molar-refractivity contribution is -0.386.